The Labute approximate surface area is 175 Å². The zero-order valence-electron chi connectivity index (χ0n) is 16.9. The fraction of sp³-hybridized carbons (Fsp3) is 0.167. The molecule has 6 heteroatoms. The van der Waals surface area contributed by atoms with Gasteiger partial charge in [-0.25, -0.2) is 0 Å². The maximum Gasteiger partial charge on any atom is 0.315 e. The highest BCUT2D eigenvalue weighted by Gasteiger charge is 2.13. The van der Waals surface area contributed by atoms with Crippen molar-refractivity contribution in [3.05, 3.63) is 89.5 Å². The molecule has 0 aliphatic rings. The summed E-state index contributed by atoms with van der Waals surface area (Å²) in [6, 6.07) is 21.4. The standard InChI is InChI=1S/C24H23NO5/c1-28-20-12-11-18(22(15-20)29-2)14-23(26)30-21-10-6-9-19(13-21)24(27)25-16-17-7-4-3-5-8-17/h3-13,15H,14,16H2,1-2H3,(H,25,27). The van der Waals surface area contributed by atoms with Crippen LogP contribution < -0.4 is 19.5 Å². The van der Waals surface area contributed by atoms with Crippen LogP contribution >= 0.6 is 0 Å². The number of esters is 1. The topological polar surface area (TPSA) is 73.9 Å². The Bertz CT molecular complexity index is 1020. The van der Waals surface area contributed by atoms with E-state index in [1.165, 1.54) is 7.11 Å². The lowest BCUT2D eigenvalue weighted by molar-refractivity contribution is -0.133. The maximum absolute atomic E-state index is 12.4. The summed E-state index contributed by atoms with van der Waals surface area (Å²) in [6.07, 6.45) is 0.0254. The second-order valence-corrected chi connectivity index (χ2v) is 6.52. The monoisotopic (exact) mass is 405 g/mol. The Hall–Kier alpha value is -3.80. The fourth-order valence-corrected chi connectivity index (χ4v) is 2.90. The lowest BCUT2D eigenvalue weighted by atomic mass is 10.1. The molecule has 6 nitrogen and oxygen atoms in total. The summed E-state index contributed by atoms with van der Waals surface area (Å²) in [5.74, 6) is 0.784. The van der Waals surface area contributed by atoms with Gasteiger partial charge in [-0.2, -0.15) is 0 Å². The summed E-state index contributed by atoms with van der Waals surface area (Å²) in [7, 11) is 3.09. The number of amides is 1. The highest BCUT2D eigenvalue weighted by atomic mass is 16.5. The van der Waals surface area contributed by atoms with E-state index in [4.69, 9.17) is 14.2 Å². The van der Waals surface area contributed by atoms with Gasteiger partial charge in [0.25, 0.3) is 5.91 Å². The van der Waals surface area contributed by atoms with Gasteiger partial charge < -0.3 is 19.5 Å². The molecule has 154 valence electrons. The molecular weight excluding hydrogens is 382 g/mol. The van der Waals surface area contributed by atoms with Crippen LogP contribution in [0.4, 0.5) is 0 Å². The SMILES string of the molecule is COc1ccc(CC(=O)Oc2cccc(C(=O)NCc3ccccc3)c2)c(OC)c1. The first-order valence-corrected chi connectivity index (χ1v) is 9.43. The first-order chi connectivity index (χ1) is 14.6. The van der Waals surface area contributed by atoms with Gasteiger partial charge in [-0.3, -0.25) is 9.59 Å². The highest BCUT2D eigenvalue weighted by molar-refractivity contribution is 5.94. The van der Waals surface area contributed by atoms with Crippen LogP contribution in [0.2, 0.25) is 0 Å². The van der Waals surface area contributed by atoms with Crippen LogP contribution in [-0.4, -0.2) is 26.1 Å². The molecule has 30 heavy (non-hydrogen) atoms. The van der Waals surface area contributed by atoms with Crippen molar-refractivity contribution in [2.75, 3.05) is 14.2 Å². The first-order valence-electron chi connectivity index (χ1n) is 9.43. The molecule has 0 heterocycles. The molecule has 3 rings (SSSR count). The van der Waals surface area contributed by atoms with Crippen LogP contribution in [0.25, 0.3) is 0 Å². The number of hydrogen-bond acceptors (Lipinski definition) is 5. The number of benzene rings is 3. The van der Waals surface area contributed by atoms with E-state index in [9.17, 15) is 9.59 Å². The molecule has 0 aliphatic carbocycles. The van der Waals surface area contributed by atoms with Crippen molar-refractivity contribution in [2.45, 2.75) is 13.0 Å². The summed E-state index contributed by atoms with van der Waals surface area (Å²) in [5, 5.41) is 2.85. The van der Waals surface area contributed by atoms with Crippen molar-refractivity contribution in [3.63, 3.8) is 0 Å². The van der Waals surface area contributed by atoms with Crippen LogP contribution in [0.3, 0.4) is 0 Å². The van der Waals surface area contributed by atoms with E-state index in [1.807, 2.05) is 30.3 Å². The van der Waals surface area contributed by atoms with Crippen molar-refractivity contribution >= 4 is 11.9 Å². The van der Waals surface area contributed by atoms with E-state index in [1.54, 1.807) is 49.6 Å². The zero-order chi connectivity index (χ0) is 21.3. The van der Waals surface area contributed by atoms with Gasteiger partial charge >= 0.3 is 5.97 Å². The molecule has 0 saturated carbocycles. The molecule has 0 fully saturated rings. The Morgan fingerprint density at radius 2 is 1.63 bits per heavy atom. The van der Waals surface area contributed by atoms with Gasteiger partial charge in [0, 0.05) is 23.7 Å². The smallest absolute Gasteiger partial charge is 0.315 e. The molecule has 0 bridgehead atoms. The van der Waals surface area contributed by atoms with E-state index in [0.29, 0.717) is 34.9 Å². The predicted molar refractivity (Wildman–Crippen MR) is 113 cm³/mol. The fourth-order valence-electron chi connectivity index (χ4n) is 2.90. The van der Waals surface area contributed by atoms with Gasteiger partial charge in [-0.1, -0.05) is 42.5 Å². The number of hydrogen-bond donors (Lipinski definition) is 1. The second-order valence-electron chi connectivity index (χ2n) is 6.52. The minimum Gasteiger partial charge on any atom is -0.497 e. The van der Waals surface area contributed by atoms with Crippen LogP contribution in [0.1, 0.15) is 21.5 Å². The van der Waals surface area contributed by atoms with E-state index in [-0.39, 0.29) is 12.3 Å². The Kier molecular flexibility index (Phi) is 7.05. The Morgan fingerprint density at radius 3 is 2.37 bits per heavy atom. The second kappa shape index (κ2) is 10.1. The van der Waals surface area contributed by atoms with E-state index < -0.39 is 5.97 Å². The highest BCUT2D eigenvalue weighted by Crippen LogP contribution is 2.25. The van der Waals surface area contributed by atoms with E-state index in [2.05, 4.69) is 5.32 Å². The lowest BCUT2D eigenvalue weighted by Gasteiger charge is -2.11. The maximum atomic E-state index is 12.4. The summed E-state index contributed by atoms with van der Waals surface area (Å²) in [4.78, 5) is 24.8. The largest absolute Gasteiger partial charge is 0.497 e. The van der Waals surface area contributed by atoms with Gasteiger partial charge in [0.2, 0.25) is 0 Å². The van der Waals surface area contributed by atoms with Gasteiger partial charge in [-0.15, -0.1) is 0 Å². The minimum atomic E-state index is -0.458. The number of carbonyl (C=O) groups is 2. The van der Waals surface area contributed by atoms with Crippen molar-refractivity contribution in [1.82, 2.24) is 5.32 Å². The molecule has 0 atom stereocenters. The normalized spacial score (nSPS) is 10.2. The molecule has 0 spiro atoms. The summed E-state index contributed by atoms with van der Waals surface area (Å²) in [5.41, 5.74) is 2.10. The lowest BCUT2D eigenvalue weighted by Crippen LogP contribution is -2.22. The molecule has 0 saturated heterocycles. The minimum absolute atomic E-state index is 0.0254. The van der Waals surface area contributed by atoms with Crippen LogP contribution in [-0.2, 0) is 17.8 Å². The summed E-state index contributed by atoms with van der Waals surface area (Å²) >= 11 is 0. The molecule has 3 aromatic carbocycles. The molecule has 1 amide bonds. The molecule has 3 aromatic rings. The number of ether oxygens (including phenoxy) is 3. The predicted octanol–water partition coefficient (Wildman–Crippen LogP) is 3.78. The quantitative estimate of drug-likeness (QED) is 0.456. The molecule has 0 unspecified atom stereocenters. The van der Waals surface area contributed by atoms with E-state index >= 15 is 0 Å². The number of rotatable bonds is 8. The van der Waals surface area contributed by atoms with Gasteiger partial charge in [-0.05, 0) is 29.8 Å². The zero-order valence-corrected chi connectivity index (χ0v) is 16.9. The van der Waals surface area contributed by atoms with Crippen molar-refractivity contribution in [1.29, 1.82) is 0 Å². The average molecular weight is 405 g/mol. The van der Waals surface area contributed by atoms with Crippen molar-refractivity contribution in [2.24, 2.45) is 0 Å². The van der Waals surface area contributed by atoms with Crippen molar-refractivity contribution in [3.8, 4) is 17.2 Å². The Morgan fingerprint density at radius 1 is 0.833 bits per heavy atom. The Balaban J connectivity index is 1.62. The average Bonchev–Trinajstić information content (AvgIpc) is 2.78. The molecule has 0 aromatic heterocycles. The van der Waals surface area contributed by atoms with Crippen LogP contribution in [0, 0.1) is 0 Å². The number of carbonyl (C=O) groups excluding carboxylic acids is 2. The van der Waals surface area contributed by atoms with Crippen molar-refractivity contribution < 1.29 is 23.8 Å². The molecule has 1 N–H and O–H groups in total. The number of nitrogens with one attached hydrogen (secondary N) is 1. The van der Waals surface area contributed by atoms with Gasteiger partial charge in [0.1, 0.15) is 17.2 Å². The van der Waals surface area contributed by atoms with Crippen LogP contribution in [0.5, 0.6) is 17.2 Å². The summed E-state index contributed by atoms with van der Waals surface area (Å²) in [6.45, 7) is 0.418. The number of methoxy groups -OCH3 is 2. The third kappa shape index (κ3) is 5.61. The van der Waals surface area contributed by atoms with Crippen LogP contribution in [0.15, 0.2) is 72.8 Å². The van der Waals surface area contributed by atoms with Gasteiger partial charge in [0.15, 0.2) is 0 Å². The third-order valence-corrected chi connectivity index (χ3v) is 4.45. The first kappa shape index (κ1) is 20.9. The molecule has 0 radical (unpaired) electrons. The van der Waals surface area contributed by atoms with E-state index in [0.717, 1.165) is 5.56 Å². The summed E-state index contributed by atoms with van der Waals surface area (Å²) < 4.78 is 15.9. The molecule has 0 aliphatic heterocycles. The third-order valence-electron chi connectivity index (χ3n) is 4.45. The molecular formula is C24H23NO5. The van der Waals surface area contributed by atoms with Gasteiger partial charge in [0.05, 0.1) is 20.6 Å².